The van der Waals surface area contributed by atoms with Gasteiger partial charge in [0.25, 0.3) is 0 Å². The first kappa shape index (κ1) is 10.5. The fourth-order valence-electron chi connectivity index (χ4n) is 1.59. The van der Waals surface area contributed by atoms with Crippen LogP contribution in [0, 0.1) is 6.92 Å². The van der Waals surface area contributed by atoms with Crippen LogP contribution in [0.1, 0.15) is 21.9 Å². The monoisotopic (exact) mass is 219 g/mol. The average molecular weight is 219 g/mol. The quantitative estimate of drug-likeness (QED) is 0.695. The van der Waals surface area contributed by atoms with Crippen molar-refractivity contribution in [1.29, 1.82) is 0 Å². The van der Waals surface area contributed by atoms with Crippen LogP contribution >= 0.6 is 0 Å². The molecule has 0 saturated carbocycles. The Morgan fingerprint density at radius 3 is 2.69 bits per heavy atom. The van der Waals surface area contributed by atoms with Crippen molar-refractivity contribution in [3.05, 3.63) is 29.6 Å². The maximum atomic E-state index is 12.0. The molecule has 2 rings (SSSR count). The second-order valence-electron chi connectivity index (χ2n) is 3.70. The van der Waals surface area contributed by atoms with E-state index in [0.29, 0.717) is 11.4 Å². The third-order valence-corrected chi connectivity index (χ3v) is 2.44. The molecule has 84 valence electrons. The lowest BCUT2D eigenvalue weighted by Crippen LogP contribution is -2.09. The summed E-state index contributed by atoms with van der Waals surface area (Å²) in [4.78, 5) is 16.0. The van der Waals surface area contributed by atoms with Crippen LogP contribution in [-0.2, 0) is 20.5 Å². The Balaban J connectivity index is 2.21. The van der Waals surface area contributed by atoms with Crippen LogP contribution in [0.3, 0.4) is 0 Å². The first-order chi connectivity index (χ1) is 7.58. The van der Waals surface area contributed by atoms with Gasteiger partial charge in [0, 0.05) is 20.3 Å². The molecule has 6 nitrogen and oxygen atoms in total. The smallest absolute Gasteiger partial charge is 0.173 e. The zero-order valence-electron chi connectivity index (χ0n) is 9.51. The number of Topliss-reactive ketones (excluding diaryl/α,β-unsaturated/α-hetero) is 1. The number of ketones is 1. The Bertz CT molecular complexity index is 525. The molecule has 16 heavy (non-hydrogen) atoms. The molecule has 0 spiro atoms. The summed E-state index contributed by atoms with van der Waals surface area (Å²) >= 11 is 0. The molecule has 0 aliphatic rings. The van der Waals surface area contributed by atoms with E-state index in [1.807, 2.05) is 6.92 Å². The van der Waals surface area contributed by atoms with Gasteiger partial charge in [-0.3, -0.25) is 14.2 Å². The summed E-state index contributed by atoms with van der Waals surface area (Å²) in [5, 5.41) is 8.06. The SMILES string of the molecule is Cc1nn(C)cc1C(=O)Cc1ncnn1C. The van der Waals surface area contributed by atoms with Crippen LogP contribution in [0.4, 0.5) is 0 Å². The van der Waals surface area contributed by atoms with Crippen LogP contribution in [0.25, 0.3) is 0 Å². The van der Waals surface area contributed by atoms with Crippen molar-refractivity contribution in [3.63, 3.8) is 0 Å². The predicted octanol–water partition coefficient (Wildman–Crippen LogP) is 0.282. The van der Waals surface area contributed by atoms with Gasteiger partial charge in [0.05, 0.1) is 17.7 Å². The molecule has 0 aliphatic heterocycles. The minimum Gasteiger partial charge on any atom is -0.294 e. The lowest BCUT2D eigenvalue weighted by Gasteiger charge is -1.98. The summed E-state index contributed by atoms with van der Waals surface area (Å²) < 4.78 is 3.24. The van der Waals surface area contributed by atoms with E-state index in [4.69, 9.17) is 0 Å². The normalized spacial score (nSPS) is 10.7. The third kappa shape index (κ3) is 1.86. The summed E-state index contributed by atoms with van der Waals surface area (Å²) in [7, 11) is 3.57. The fourth-order valence-corrected chi connectivity index (χ4v) is 1.59. The zero-order chi connectivity index (χ0) is 11.7. The van der Waals surface area contributed by atoms with E-state index < -0.39 is 0 Å². The summed E-state index contributed by atoms with van der Waals surface area (Å²) in [5.74, 6) is 0.676. The number of hydrogen-bond donors (Lipinski definition) is 0. The van der Waals surface area contributed by atoms with Gasteiger partial charge in [-0.15, -0.1) is 0 Å². The first-order valence-electron chi connectivity index (χ1n) is 4.94. The van der Waals surface area contributed by atoms with Crippen LogP contribution in [0.5, 0.6) is 0 Å². The van der Waals surface area contributed by atoms with Crippen LogP contribution in [-0.4, -0.2) is 30.3 Å². The third-order valence-electron chi connectivity index (χ3n) is 2.44. The number of carbonyl (C=O) groups excluding carboxylic acids is 1. The summed E-state index contributed by atoms with van der Waals surface area (Å²) in [6.07, 6.45) is 3.43. The van der Waals surface area contributed by atoms with Crippen molar-refractivity contribution in [2.45, 2.75) is 13.3 Å². The largest absolute Gasteiger partial charge is 0.294 e. The number of carbonyl (C=O) groups is 1. The van der Waals surface area contributed by atoms with Crippen molar-refractivity contribution in [3.8, 4) is 0 Å². The molecular formula is C10H13N5O. The van der Waals surface area contributed by atoms with Crippen molar-refractivity contribution in [1.82, 2.24) is 24.5 Å². The lowest BCUT2D eigenvalue weighted by molar-refractivity contribution is 0.0989. The van der Waals surface area contributed by atoms with Gasteiger partial charge in [-0.2, -0.15) is 10.2 Å². The number of hydrogen-bond acceptors (Lipinski definition) is 4. The molecule has 0 aromatic carbocycles. The minimum atomic E-state index is 0.0155. The molecule has 0 radical (unpaired) electrons. The van der Waals surface area contributed by atoms with Crippen LogP contribution in [0.15, 0.2) is 12.5 Å². The second-order valence-corrected chi connectivity index (χ2v) is 3.70. The number of rotatable bonds is 3. The van der Waals surface area contributed by atoms with E-state index in [1.54, 1.807) is 29.7 Å². The molecule has 0 amide bonds. The van der Waals surface area contributed by atoms with Crippen molar-refractivity contribution < 1.29 is 4.79 Å². The Kier molecular flexibility index (Phi) is 2.55. The molecule has 0 saturated heterocycles. The standard InChI is InChI=1S/C10H13N5O/c1-7-8(5-14(2)13-7)9(16)4-10-11-6-12-15(10)3/h5-6H,4H2,1-3H3. The Labute approximate surface area is 92.9 Å². The highest BCUT2D eigenvalue weighted by Crippen LogP contribution is 2.08. The van der Waals surface area contributed by atoms with Crippen LogP contribution in [0.2, 0.25) is 0 Å². The molecular weight excluding hydrogens is 206 g/mol. The molecule has 2 aromatic heterocycles. The molecule has 0 fully saturated rings. The lowest BCUT2D eigenvalue weighted by atomic mass is 10.1. The van der Waals surface area contributed by atoms with Gasteiger partial charge in [0.1, 0.15) is 12.2 Å². The number of aryl methyl sites for hydroxylation is 3. The Hall–Kier alpha value is -1.98. The van der Waals surface area contributed by atoms with Gasteiger partial charge in [-0.1, -0.05) is 0 Å². The Morgan fingerprint density at radius 1 is 1.44 bits per heavy atom. The summed E-state index contributed by atoms with van der Waals surface area (Å²) in [6.45, 7) is 1.82. The Morgan fingerprint density at radius 2 is 2.19 bits per heavy atom. The van der Waals surface area contributed by atoms with Crippen LogP contribution < -0.4 is 0 Å². The molecule has 0 bridgehead atoms. The van der Waals surface area contributed by atoms with E-state index in [0.717, 1.165) is 5.69 Å². The molecule has 6 heteroatoms. The zero-order valence-corrected chi connectivity index (χ0v) is 9.51. The summed E-state index contributed by atoms with van der Waals surface area (Å²) in [6, 6.07) is 0. The number of nitrogens with zero attached hydrogens (tertiary/aromatic N) is 5. The number of aromatic nitrogens is 5. The molecule has 0 N–H and O–H groups in total. The second kappa shape index (κ2) is 3.88. The van der Waals surface area contributed by atoms with Gasteiger partial charge in [0.2, 0.25) is 0 Å². The van der Waals surface area contributed by atoms with Gasteiger partial charge in [-0.05, 0) is 6.92 Å². The minimum absolute atomic E-state index is 0.0155. The van der Waals surface area contributed by atoms with E-state index >= 15 is 0 Å². The van der Waals surface area contributed by atoms with E-state index in [1.165, 1.54) is 6.33 Å². The molecule has 0 unspecified atom stereocenters. The maximum absolute atomic E-state index is 12.0. The fraction of sp³-hybridized carbons (Fsp3) is 0.400. The van der Waals surface area contributed by atoms with Gasteiger partial charge in [-0.25, -0.2) is 4.98 Å². The summed E-state index contributed by atoms with van der Waals surface area (Å²) in [5.41, 5.74) is 1.39. The maximum Gasteiger partial charge on any atom is 0.173 e. The van der Waals surface area contributed by atoms with Crippen molar-refractivity contribution in [2.24, 2.45) is 14.1 Å². The molecule has 2 aromatic rings. The highest BCUT2D eigenvalue weighted by molar-refractivity contribution is 5.97. The molecule has 2 heterocycles. The predicted molar refractivity (Wildman–Crippen MR) is 57.0 cm³/mol. The van der Waals surface area contributed by atoms with E-state index in [-0.39, 0.29) is 12.2 Å². The molecule has 0 aliphatic carbocycles. The highest BCUT2D eigenvalue weighted by Gasteiger charge is 2.15. The van der Waals surface area contributed by atoms with E-state index in [2.05, 4.69) is 15.2 Å². The highest BCUT2D eigenvalue weighted by atomic mass is 16.1. The van der Waals surface area contributed by atoms with Gasteiger partial charge in [0.15, 0.2) is 5.78 Å². The average Bonchev–Trinajstić information content (AvgIpc) is 2.74. The van der Waals surface area contributed by atoms with Crippen molar-refractivity contribution >= 4 is 5.78 Å². The van der Waals surface area contributed by atoms with Gasteiger partial charge >= 0.3 is 0 Å². The van der Waals surface area contributed by atoms with E-state index in [9.17, 15) is 4.79 Å². The topological polar surface area (TPSA) is 65.6 Å². The first-order valence-corrected chi connectivity index (χ1v) is 4.94. The van der Waals surface area contributed by atoms with Gasteiger partial charge < -0.3 is 0 Å². The van der Waals surface area contributed by atoms with Crippen molar-refractivity contribution in [2.75, 3.05) is 0 Å². The molecule has 0 atom stereocenters.